The van der Waals surface area contributed by atoms with E-state index in [0.717, 1.165) is 51.3 Å². The standard InChI is InChI=1S/C24H34N4O/c1-4-18(5-2)23(29)28-15-13-21(14-16-28)27-24(25-3)26-17-20-11-8-10-19-9-6-7-12-22(19)20/h6-12,18,21H,4-5,13-17H2,1-3H3,(H2,25,26,27). The number of hydrogen-bond acceptors (Lipinski definition) is 2. The number of benzene rings is 2. The number of hydrogen-bond donors (Lipinski definition) is 2. The van der Waals surface area contributed by atoms with Gasteiger partial charge in [-0.25, -0.2) is 0 Å². The van der Waals surface area contributed by atoms with Gasteiger partial charge in [0.2, 0.25) is 5.91 Å². The molecule has 0 saturated carbocycles. The van der Waals surface area contributed by atoms with Crippen LogP contribution in [0.5, 0.6) is 0 Å². The second-order valence-corrected chi connectivity index (χ2v) is 7.82. The lowest BCUT2D eigenvalue weighted by Crippen LogP contribution is -2.50. The summed E-state index contributed by atoms with van der Waals surface area (Å²) in [7, 11) is 1.81. The Morgan fingerprint density at radius 2 is 1.79 bits per heavy atom. The molecule has 1 aliphatic rings. The van der Waals surface area contributed by atoms with Gasteiger partial charge < -0.3 is 15.5 Å². The predicted octanol–water partition coefficient (Wildman–Crippen LogP) is 3.93. The van der Waals surface area contributed by atoms with Crippen LogP contribution in [0, 0.1) is 5.92 Å². The Labute approximate surface area is 174 Å². The zero-order chi connectivity index (χ0) is 20.6. The Balaban J connectivity index is 1.52. The molecule has 2 aromatic rings. The lowest BCUT2D eigenvalue weighted by Gasteiger charge is -2.34. The van der Waals surface area contributed by atoms with Gasteiger partial charge in [-0.2, -0.15) is 0 Å². The largest absolute Gasteiger partial charge is 0.354 e. The van der Waals surface area contributed by atoms with Crippen molar-refractivity contribution in [3.8, 4) is 0 Å². The molecule has 0 unspecified atom stereocenters. The third-order valence-corrected chi connectivity index (χ3v) is 6.03. The number of carbonyl (C=O) groups is 1. The Morgan fingerprint density at radius 3 is 2.48 bits per heavy atom. The number of guanidine groups is 1. The van der Waals surface area contributed by atoms with Crippen LogP contribution < -0.4 is 10.6 Å². The number of nitrogens with one attached hydrogen (secondary N) is 2. The molecule has 29 heavy (non-hydrogen) atoms. The van der Waals surface area contributed by atoms with Crippen molar-refractivity contribution in [3.63, 3.8) is 0 Å². The minimum absolute atomic E-state index is 0.176. The van der Waals surface area contributed by atoms with Crippen LogP contribution in [0.1, 0.15) is 45.1 Å². The lowest BCUT2D eigenvalue weighted by atomic mass is 9.98. The number of fused-ring (bicyclic) bond motifs is 1. The molecule has 0 aromatic heterocycles. The Bertz CT molecular complexity index is 830. The molecule has 1 fully saturated rings. The van der Waals surface area contributed by atoms with Crippen LogP contribution in [0.3, 0.4) is 0 Å². The number of amides is 1. The average Bonchev–Trinajstić information content (AvgIpc) is 2.77. The van der Waals surface area contributed by atoms with Crippen LogP contribution in [-0.2, 0) is 11.3 Å². The topological polar surface area (TPSA) is 56.7 Å². The molecule has 3 rings (SSSR count). The average molecular weight is 395 g/mol. The van der Waals surface area contributed by atoms with Gasteiger partial charge in [-0.1, -0.05) is 56.3 Å². The van der Waals surface area contributed by atoms with Gasteiger partial charge in [0, 0.05) is 38.6 Å². The van der Waals surface area contributed by atoms with E-state index in [4.69, 9.17) is 0 Å². The lowest BCUT2D eigenvalue weighted by molar-refractivity contribution is -0.136. The van der Waals surface area contributed by atoms with Crippen molar-refractivity contribution in [1.82, 2.24) is 15.5 Å². The summed E-state index contributed by atoms with van der Waals surface area (Å²) in [5, 5.41) is 9.52. The number of piperidine rings is 1. The minimum atomic E-state index is 0.176. The molecule has 0 atom stereocenters. The van der Waals surface area contributed by atoms with Gasteiger partial charge in [-0.3, -0.25) is 9.79 Å². The molecule has 0 aliphatic carbocycles. The highest BCUT2D eigenvalue weighted by molar-refractivity contribution is 5.86. The van der Waals surface area contributed by atoms with E-state index in [9.17, 15) is 4.79 Å². The maximum atomic E-state index is 12.6. The van der Waals surface area contributed by atoms with Crippen molar-refractivity contribution in [2.75, 3.05) is 20.1 Å². The molecule has 0 radical (unpaired) electrons. The van der Waals surface area contributed by atoms with E-state index in [0.29, 0.717) is 11.9 Å². The zero-order valence-electron chi connectivity index (χ0n) is 17.9. The molecular formula is C24H34N4O. The first-order valence-corrected chi connectivity index (χ1v) is 10.9. The summed E-state index contributed by atoms with van der Waals surface area (Å²) in [5.74, 6) is 1.32. The van der Waals surface area contributed by atoms with Crippen LogP contribution in [0.15, 0.2) is 47.5 Å². The fourth-order valence-corrected chi connectivity index (χ4v) is 4.15. The maximum Gasteiger partial charge on any atom is 0.225 e. The quantitative estimate of drug-likeness (QED) is 0.576. The second-order valence-electron chi connectivity index (χ2n) is 7.82. The van der Waals surface area contributed by atoms with E-state index < -0.39 is 0 Å². The van der Waals surface area contributed by atoms with Crippen LogP contribution in [0.2, 0.25) is 0 Å². The van der Waals surface area contributed by atoms with E-state index in [1.165, 1.54) is 16.3 Å². The van der Waals surface area contributed by atoms with Crippen LogP contribution in [-0.4, -0.2) is 42.9 Å². The van der Waals surface area contributed by atoms with Crippen molar-refractivity contribution in [1.29, 1.82) is 0 Å². The van der Waals surface area contributed by atoms with Gasteiger partial charge in [0.1, 0.15) is 0 Å². The first-order valence-electron chi connectivity index (χ1n) is 10.9. The highest BCUT2D eigenvalue weighted by atomic mass is 16.2. The molecule has 5 heteroatoms. The summed E-state index contributed by atoms with van der Waals surface area (Å²) in [4.78, 5) is 19.0. The van der Waals surface area contributed by atoms with Crippen molar-refractivity contribution >= 4 is 22.6 Å². The SMILES string of the molecule is CCC(CC)C(=O)N1CCC(NC(=NC)NCc2cccc3ccccc23)CC1. The fraction of sp³-hybridized carbons (Fsp3) is 0.500. The number of nitrogens with zero attached hydrogens (tertiary/aromatic N) is 2. The summed E-state index contributed by atoms with van der Waals surface area (Å²) in [6.07, 6.45) is 3.78. The molecule has 1 amide bonds. The minimum Gasteiger partial charge on any atom is -0.354 e. The molecule has 1 saturated heterocycles. The third-order valence-electron chi connectivity index (χ3n) is 6.03. The summed E-state index contributed by atoms with van der Waals surface area (Å²) < 4.78 is 0. The van der Waals surface area contributed by atoms with Crippen molar-refractivity contribution in [3.05, 3.63) is 48.0 Å². The van der Waals surface area contributed by atoms with E-state index >= 15 is 0 Å². The molecule has 2 aromatic carbocycles. The van der Waals surface area contributed by atoms with Gasteiger partial charge in [-0.05, 0) is 42.0 Å². The van der Waals surface area contributed by atoms with E-state index in [1.54, 1.807) is 0 Å². The van der Waals surface area contributed by atoms with Crippen LogP contribution in [0.25, 0.3) is 10.8 Å². The first-order chi connectivity index (χ1) is 14.2. The predicted molar refractivity (Wildman–Crippen MR) is 121 cm³/mol. The Hall–Kier alpha value is -2.56. The molecular weight excluding hydrogens is 360 g/mol. The molecule has 1 aliphatic heterocycles. The summed E-state index contributed by atoms with van der Waals surface area (Å²) in [6.45, 7) is 6.59. The van der Waals surface area contributed by atoms with Crippen LogP contribution >= 0.6 is 0 Å². The Morgan fingerprint density at radius 1 is 1.10 bits per heavy atom. The smallest absolute Gasteiger partial charge is 0.225 e. The zero-order valence-corrected chi connectivity index (χ0v) is 17.9. The van der Waals surface area contributed by atoms with Crippen molar-refractivity contribution < 1.29 is 4.79 Å². The van der Waals surface area contributed by atoms with Gasteiger partial charge in [0.05, 0.1) is 0 Å². The normalized spacial score (nSPS) is 15.7. The van der Waals surface area contributed by atoms with Crippen molar-refractivity contribution in [2.45, 2.75) is 52.1 Å². The number of aliphatic imine (C=N–C) groups is 1. The van der Waals surface area contributed by atoms with Crippen molar-refractivity contribution in [2.24, 2.45) is 10.9 Å². The van der Waals surface area contributed by atoms with Gasteiger partial charge in [-0.15, -0.1) is 0 Å². The molecule has 2 N–H and O–H groups in total. The number of rotatable bonds is 6. The fourth-order valence-electron chi connectivity index (χ4n) is 4.15. The van der Waals surface area contributed by atoms with Gasteiger partial charge in [0.15, 0.2) is 5.96 Å². The molecule has 0 bridgehead atoms. The van der Waals surface area contributed by atoms with Crippen LogP contribution in [0.4, 0.5) is 0 Å². The third kappa shape index (κ3) is 5.28. The highest BCUT2D eigenvalue weighted by Gasteiger charge is 2.26. The molecule has 1 heterocycles. The highest BCUT2D eigenvalue weighted by Crippen LogP contribution is 2.19. The summed E-state index contributed by atoms with van der Waals surface area (Å²) >= 11 is 0. The van der Waals surface area contributed by atoms with E-state index in [-0.39, 0.29) is 5.92 Å². The monoisotopic (exact) mass is 394 g/mol. The van der Waals surface area contributed by atoms with Gasteiger partial charge >= 0.3 is 0 Å². The molecule has 5 nitrogen and oxygen atoms in total. The Kier molecular flexibility index (Phi) is 7.50. The number of carbonyl (C=O) groups excluding carboxylic acids is 1. The van der Waals surface area contributed by atoms with E-state index in [2.05, 4.69) is 71.9 Å². The van der Waals surface area contributed by atoms with Gasteiger partial charge in [0.25, 0.3) is 0 Å². The number of likely N-dealkylation sites (tertiary alicyclic amines) is 1. The summed E-state index contributed by atoms with van der Waals surface area (Å²) in [6, 6.07) is 15.2. The molecule has 0 spiro atoms. The maximum absolute atomic E-state index is 12.6. The van der Waals surface area contributed by atoms with E-state index in [1.807, 2.05) is 11.9 Å². The first kappa shape index (κ1) is 21.2. The summed E-state index contributed by atoms with van der Waals surface area (Å²) in [5.41, 5.74) is 1.26. The molecule has 156 valence electrons. The second kappa shape index (κ2) is 10.3.